The van der Waals surface area contributed by atoms with Gasteiger partial charge in [-0.25, -0.2) is 0 Å². The summed E-state index contributed by atoms with van der Waals surface area (Å²) in [5, 5.41) is 23.7. The van der Waals surface area contributed by atoms with Gasteiger partial charge in [0.25, 0.3) is 0 Å². The number of nitrogens with one attached hydrogen (secondary N) is 1. The van der Waals surface area contributed by atoms with Gasteiger partial charge < -0.3 is 20.3 Å². The van der Waals surface area contributed by atoms with E-state index in [1.54, 1.807) is 0 Å². The van der Waals surface area contributed by atoms with Crippen LogP contribution in [0, 0.1) is 0 Å². The molecule has 0 heterocycles. The summed E-state index contributed by atoms with van der Waals surface area (Å²) >= 11 is 0. The largest absolute Gasteiger partial charge is 0.462 e. The van der Waals surface area contributed by atoms with Gasteiger partial charge in [-0.2, -0.15) is 0 Å². The summed E-state index contributed by atoms with van der Waals surface area (Å²) in [5.74, 6) is -0.558. The maximum atomic E-state index is 13.2. The second-order valence-corrected chi connectivity index (χ2v) is 16.6. The van der Waals surface area contributed by atoms with Gasteiger partial charge in [-0.05, 0) is 38.5 Å². The molecule has 0 aliphatic rings. The standard InChI is InChI=1S/C52H93NO5/c1-4-7-10-13-16-19-22-24-25-27-29-31-34-37-40-43-48(58-52(57)45-42-39-36-33-30-26-23-20-17-14-11-8-5-2)46-51(56)53-49(47-54)50(55)44-41-38-35-32-28-21-18-15-12-9-6-3/h8,11,14,17,20,23,26,30,33,36,48-50,54-55H,4-7,9-10,12-13,15-16,18-19,21-22,24-25,27-29,31-32,34-35,37-47H2,1-3H3,(H,53,56)/b11-8+,17-14+,23-20-,30-26-,36-33+. The van der Waals surface area contributed by atoms with Crippen molar-refractivity contribution in [3.63, 3.8) is 0 Å². The van der Waals surface area contributed by atoms with Crippen molar-refractivity contribution in [2.24, 2.45) is 0 Å². The molecule has 3 unspecified atom stereocenters. The Balaban J connectivity index is 4.69. The van der Waals surface area contributed by atoms with Crippen molar-refractivity contribution in [1.82, 2.24) is 5.32 Å². The summed E-state index contributed by atoms with van der Waals surface area (Å²) in [4.78, 5) is 26.0. The molecule has 0 rings (SSSR count). The van der Waals surface area contributed by atoms with E-state index < -0.39 is 18.2 Å². The maximum Gasteiger partial charge on any atom is 0.306 e. The quantitative estimate of drug-likeness (QED) is 0.0324. The molecule has 0 aromatic heterocycles. The smallest absolute Gasteiger partial charge is 0.306 e. The highest BCUT2D eigenvalue weighted by molar-refractivity contribution is 5.77. The van der Waals surface area contributed by atoms with Crippen LogP contribution in [0.3, 0.4) is 0 Å². The van der Waals surface area contributed by atoms with Crippen molar-refractivity contribution < 1.29 is 24.5 Å². The third-order valence-electron chi connectivity index (χ3n) is 11.0. The van der Waals surface area contributed by atoms with Crippen LogP contribution in [0.15, 0.2) is 60.8 Å². The van der Waals surface area contributed by atoms with Gasteiger partial charge >= 0.3 is 5.97 Å². The van der Waals surface area contributed by atoms with E-state index in [0.717, 1.165) is 51.4 Å². The van der Waals surface area contributed by atoms with Gasteiger partial charge in [-0.1, -0.05) is 242 Å². The first-order chi connectivity index (χ1) is 28.5. The molecule has 3 atom stereocenters. The van der Waals surface area contributed by atoms with Gasteiger partial charge in [0.15, 0.2) is 0 Å². The van der Waals surface area contributed by atoms with Crippen LogP contribution in [0.4, 0.5) is 0 Å². The molecule has 1 amide bonds. The molecule has 0 radical (unpaired) electrons. The Labute approximate surface area is 358 Å². The fraction of sp³-hybridized carbons (Fsp3) is 0.769. The number of allylic oxidation sites excluding steroid dienone is 10. The van der Waals surface area contributed by atoms with Crippen molar-refractivity contribution in [3.8, 4) is 0 Å². The molecule has 0 aliphatic heterocycles. The summed E-state index contributed by atoms with van der Waals surface area (Å²) in [5.41, 5.74) is 0. The summed E-state index contributed by atoms with van der Waals surface area (Å²) in [6.45, 7) is 6.32. The SMILES string of the molecule is CC/C=C/C=C/C=C\C=C/C=C/CCCC(=O)OC(CCCCCCCCCCCCCCCCC)CC(=O)NC(CO)C(O)CCCCCCCCCCCCC. The van der Waals surface area contributed by atoms with E-state index in [-0.39, 0.29) is 24.9 Å². The second kappa shape index (κ2) is 45.6. The van der Waals surface area contributed by atoms with Gasteiger partial charge in [-0.15, -0.1) is 0 Å². The van der Waals surface area contributed by atoms with Gasteiger partial charge in [0.2, 0.25) is 5.91 Å². The molecule has 0 aliphatic carbocycles. The number of carbonyl (C=O) groups excluding carboxylic acids is 2. The third kappa shape index (κ3) is 40.3. The van der Waals surface area contributed by atoms with Crippen molar-refractivity contribution >= 4 is 11.9 Å². The van der Waals surface area contributed by atoms with E-state index in [0.29, 0.717) is 25.7 Å². The Morgan fingerprint density at radius 2 is 0.914 bits per heavy atom. The molecule has 0 fully saturated rings. The molecule has 6 heteroatoms. The Morgan fingerprint density at radius 3 is 1.34 bits per heavy atom. The molecule has 0 spiro atoms. The van der Waals surface area contributed by atoms with Crippen molar-refractivity contribution in [1.29, 1.82) is 0 Å². The summed E-state index contributed by atoms with van der Waals surface area (Å²) in [7, 11) is 0. The molecular weight excluding hydrogens is 719 g/mol. The zero-order chi connectivity index (χ0) is 42.4. The Kier molecular flexibility index (Phi) is 43.7. The first-order valence-electron chi connectivity index (χ1n) is 24.6. The lowest BCUT2D eigenvalue weighted by Crippen LogP contribution is -2.46. The molecule has 58 heavy (non-hydrogen) atoms. The van der Waals surface area contributed by atoms with Crippen LogP contribution in [0.5, 0.6) is 0 Å². The Bertz CT molecular complexity index is 1050. The van der Waals surface area contributed by atoms with E-state index in [1.165, 1.54) is 128 Å². The number of hydrogen-bond acceptors (Lipinski definition) is 5. The molecular formula is C52H93NO5. The lowest BCUT2D eigenvalue weighted by molar-refractivity contribution is -0.151. The lowest BCUT2D eigenvalue weighted by atomic mass is 10.0. The summed E-state index contributed by atoms with van der Waals surface area (Å²) in [6, 6.07) is -0.714. The molecule has 6 nitrogen and oxygen atoms in total. The third-order valence-corrected chi connectivity index (χ3v) is 11.0. The first kappa shape index (κ1) is 55.6. The van der Waals surface area contributed by atoms with Gasteiger partial charge in [-0.3, -0.25) is 9.59 Å². The fourth-order valence-electron chi connectivity index (χ4n) is 7.28. The van der Waals surface area contributed by atoms with Crippen molar-refractivity contribution in [2.75, 3.05) is 6.61 Å². The number of ether oxygens (including phenoxy) is 1. The number of carbonyl (C=O) groups is 2. The predicted octanol–water partition coefficient (Wildman–Crippen LogP) is 14.5. The predicted molar refractivity (Wildman–Crippen MR) is 250 cm³/mol. The number of esters is 1. The van der Waals surface area contributed by atoms with Crippen LogP contribution >= 0.6 is 0 Å². The van der Waals surface area contributed by atoms with E-state index in [4.69, 9.17) is 4.74 Å². The van der Waals surface area contributed by atoms with Crippen molar-refractivity contribution in [2.45, 2.75) is 251 Å². The van der Waals surface area contributed by atoms with E-state index in [9.17, 15) is 19.8 Å². The summed E-state index contributed by atoms with van der Waals surface area (Å²) < 4.78 is 5.88. The van der Waals surface area contributed by atoms with Gasteiger partial charge in [0.1, 0.15) is 6.10 Å². The number of aliphatic hydroxyl groups excluding tert-OH is 2. The summed E-state index contributed by atoms with van der Waals surface area (Å²) in [6.07, 6.45) is 55.7. The second-order valence-electron chi connectivity index (χ2n) is 16.6. The molecule has 0 aromatic carbocycles. The molecule has 0 saturated carbocycles. The zero-order valence-corrected chi connectivity index (χ0v) is 38.2. The van der Waals surface area contributed by atoms with E-state index in [1.807, 2.05) is 48.6 Å². The average molecular weight is 812 g/mol. The van der Waals surface area contributed by atoms with Gasteiger partial charge in [0, 0.05) is 6.42 Å². The molecule has 0 saturated heterocycles. The number of hydrogen-bond donors (Lipinski definition) is 3. The number of rotatable bonds is 43. The fourth-order valence-corrected chi connectivity index (χ4v) is 7.28. The normalized spacial score (nSPS) is 13.8. The van der Waals surface area contributed by atoms with Crippen LogP contribution < -0.4 is 5.32 Å². The van der Waals surface area contributed by atoms with E-state index >= 15 is 0 Å². The van der Waals surface area contributed by atoms with Crippen LogP contribution in [0.2, 0.25) is 0 Å². The first-order valence-corrected chi connectivity index (χ1v) is 24.6. The molecule has 0 bridgehead atoms. The minimum atomic E-state index is -0.798. The Hall–Kier alpha value is -2.44. The van der Waals surface area contributed by atoms with Crippen LogP contribution in [0.25, 0.3) is 0 Å². The monoisotopic (exact) mass is 812 g/mol. The molecule has 336 valence electrons. The number of unbranched alkanes of at least 4 members (excludes halogenated alkanes) is 25. The highest BCUT2D eigenvalue weighted by Gasteiger charge is 2.24. The Morgan fingerprint density at radius 1 is 0.517 bits per heavy atom. The van der Waals surface area contributed by atoms with Crippen molar-refractivity contribution in [3.05, 3.63) is 60.8 Å². The topological polar surface area (TPSA) is 95.9 Å². The van der Waals surface area contributed by atoms with Crippen LogP contribution in [-0.4, -0.2) is 46.9 Å². The molecule has 3 N–H and O–H groups in total. The van der Waals surface area contributed by atoms with Crippen LogP contribution in [-0.2, 0) is 14.3 Å². The minimum Gasteiger partial charge on any atom is -0.462 e. The van der Waals surface area contributed by atoms with Crippen LogP contribution in [0.1, 0.15) is 233 Å². The highest BCUT2D eigenvalue weighted by Crippen LogP contribution is 2.18. The zero-order valence-electron chi connectivity index (χ0n) is 38.2. The highest BCUT2D eigenvalue weighted by atomic mass is 16.5. The van der Waals surface area contributed by atoms with E-state index in [2.05, 4.69) is 38.2 Å². The number of amides is 1. The maximum absolute atomic E-state index is 13.2. The minimum absolute atomic E-state index is 0.0499. The lowest BCUT2D eigenvalue weighted by Gasteiger charge is -2.24. The molecule has 0 aromatic rings. The average Bonchev–Trinajstić information content (AvgIpc) is 3.22. The van der Waals surface area contributed by atoms with Gasteiger partial charge in [0.05, 0.1) is 25.2 Å². The number of aliphatic hydroxyl groups is 2.